The number of nitrogens with one attached hydrogen (secondary N) is 1. The van der Waals surface area contributed by atoms with Gasteiger partial charge in [-0.3, -0.25) is 19.2 Å². The molecule has 0 aromatic carbocycles. The van der Waals surface area contributed by atoms with Crippen molar-refractivity contribution in [1.82, 2.24) is 29.8 Å². The van der Waals surface area contributed by atoms with Crippen LogP contribution in [-0.4, -0.2) is 89.2 Å². The van der Waals surface area contributed by atoms with Gasteiger partial charge in [-0.1, -0.05) is 13.8 Å². The van der Waals surface area contributed by atoms with E-state index in [9.17, 15) is 9.59 Å². The molecule has 1 N–H and O–H groups in total. The lowest BCUT2D eigenvalue weighted by atomic mass is 9.92. The number of aryl methyl sites for hydroxylation is 1. The molecule has 3 unspecified atom stereocenters. The molecule has 0 aliphatic carbocycles. The fourth-order valence-corrected chi connectivity index (χ4v) is 4.49. The molecule has 2 aliphatic rings. The number of hydrogen-bond acceptors (Lipinski definition) is 5. The van der Waals surface area contributed by atoms with Crippen molar-refractivity contribution in [2.45, 2.75) is 26.3 Å². The Bertz CT molecular complexity index is 672. The summed E-state index contributed by atoms with van der Waals surface area (Å²) in [5.74, 6) is 1.45. The zero-order valence-corrected chi connectivity index (χ0v) is 17.6. The first-order chi connectivity index (χ1) is 13.4. The predicted octanol–water partition coefficient (Wildman–Crippen LogP) is 0.329. The molecule has 8 heteroatoms. The van der Waals surface area contributed by atoms with Crippen LogP contribution in [0.2, 0.25) is 0 Å². The summed E-state index contributed by atoms with van der Waals surface area (Å²) in [6.07, 6.45) is 4.80. The lowest BCUT2D eigenvalue weighted by molar-refractivity contribution is -0.137. The van der Waals surface area contributed by atoms with Crippen LogP contribution in [0.5, 0.6) is 0 Å². The SMILES string of the molecule is CNC(C(=O)N1CCN(CC(=O)N2CC(C)CC(C)C2)CC1)c1cnn(C)c1. The van der Waals surface area contributed by atoms with Crippen molar-refractivity contribution < 1.29 is 9.59 Å². The largest absolute Gasteiger partial charge is 0.341 e. The highest BCUT2D eigenvalue weighted by Crippen LogP contribution is 2.21. The van der Waals surface area contributed by atoms with E-state index in [4.69, 9.17) is 0 Å². The highest BCUT2D eigenvalue weighted by Gasteiger charge is 2.30. The van der Waals surface area contributed by atoms with Gasteiger partial charge in [0.1, 0.15) is 6.04 Å². The van der Waals surface area contributed by atoms with Crippen LogP contribution in [0.15, 0.2) is 12.4 Å². The van der Waals surface area contributed by atoms with E-state index in [2.05, 4.69) is 29.2 Å². The number of likely N-dealkylation sites (N-methyl/N-ethyl adjacent to an activating group) is 1. The number of carbonyl (C=O) groups is 2. The minimum Gasteiger partial charge on any atom is -0.341 e. The van der Waals surface area contributed by atoms with Crippen molar-refractivity contribution in [2.24, 2.45) is 18.9 Å². The summed E-state index contributed by atoms with van der Waals surface area (Å²) in [7, 11) is 3.64. The third kappa shape index (κ3) is 4.91. The van der Waals surface area contributed by atoms with Crippen LogP contribution in [0, 0.1) is 11.8 Å². The van der Waals surface area contributed by atoms with E-state index in [0.717, 1.165) is 31.7 Å². The summed E-state index contributed by atoms with van der Waals surface area (Å²) in [6.45, 7) is 9.42. The Morgan fingerprint density at radius 3 is 2.32 bits per heavy atom. The first kappa shape index (κ1) is 20.8. The molecule has 1 aromatic heterocycles. The van der Waals surface area contributed by atoms with Crippen LogP contribution in [0.1, 0.15) is 31.9 Å². The normalized spacial score (nSPS) is 25.0. The van der Waals surface area contributed by atoms with Crippen molar-refractivity contribution in [3.8, 4) is 0 Å². The first-order valence-corrected chi connectivity index (χ1v) is 10.3. The number of piperidine rings is 1. The molecule has 0 radical (unpaired) electrons. The van der Waals surface area contributed by atoms with Gasteiger partial charge >= 0.3 is 0 Å². The second-order valence-electron chi connectivity index (χ2n) is 8.52. The molecule has 1 aromatic rings. The third-order valence-electron chi connectivity index (χ3n) is 5.86. The maximum Gasteiger partial charge on any atom is 0.244 e. The first-order valence-electron chi connectivity index (χ1n) is 10.3. The number of aromatic nitrogens is 2. The van der Waals surface area contributed by atoms with Gasteiger partial charge < -0.3 is 15.1 Å². The molecule has 2 fully saturated rings. The number of likely N-dealkylation sites (tertiary alicyclic amines) is 1. The van der Waals surface area contributed by atoms with Gasteiger partial charge in [-0.2, -0.15) is 5.10 Å². The predicted molar refractivity (Wildman–Crippen MR) is 108 cm³/mol. The Balaban J connectivity index is 1.50. The minimum atomic E-state index is -0.377. The zero-order valence-electron chi connectivity index (χ0n) is 17.6. The number of carbonyl (C=O) groups excluding carboxylic acids is 2. The highest BCUT2D eigenvalue weighted by molar-refractivity contribution is 5.83. The van der Waals surface area contributed by atoms with Crippen LogP contribution >= 0.6 is 0 Å². The van der Waals surface area contributed by atoms with E-state index in [-0.39, 0.29) is 17.9 Å². The molecule has 8 nitrogen and oxygen atoms in total. The fraction of sp³-hybridized carbons (Fsp3) is 0.750. The number of nitrogens with zero attached hydrogens (tertiary/aromatic N) is 5. The molecule has 3 rings (SSSR count). The molecule has 2 saturated heterocycles. The number of rotatable bonds is 5. The molecule has 156 valence electrons. The van der Waals surface area contributed by atoms with Gasteiger partial charge in [0.05, 0.1) is 12.7 Å². The highest BCUT2D eigenvalue weighted by atomic mass is 16.2. The monoisotopic (exact) mass is 390 g/mol. The van der Waals surface area contributed by atoms with Crippen molar-refractivity contribution in [3.05, 3.63) is 18.0 Å². The summed E-state index contributed by atoms with van der Waals surface area (Å²) in [4.78, 5) is 31.7. The summed E-state index contributed by atoms with van der Waals surface area (Å²) in [5.41, 5.74) is 0.876. The van der Waals surface area contributed by atoms with Crippen LogP contribution < -0.4 is 5.32 Å². The lowest BCUT2D eigenvalue weighted by Crippen LogP contribution is -2.54. The number of amides is 2. The summed E-state index contributed by atoms with van der Waals surface area (Å²) < 4.78 is 1.71. The Morgan fingerprint density at radius 2 is 1.79 bits per heavy atom. The van der Waals surface area contributed by atoms with Crippen molar-refractivity contribution >= 4 is 11.8 Å². The van der Waals surface area contributed by atoms with E-state index in [0.29, 0.717) is 31.5 Å². The van der Waals surface area contributed by atoms with Crippen molar-refractivity contribution in [3.63, 3.8) is 0 Å². The molecule has 2 amide bonds. The lowest BCUT2D eigenvalue weighted by Gasteiger charge is -2.39. The molecule has 0 spiro atoms. The second kappa shape index (κ2) is 9.05. The third-order valence-corrected chi connectivity index (χ3v) is 5.86. The quantitative estimate of drug-likeness (QED) is 0.784. The molecule has 0 bridgehead atoms. The fourth-order valence-electron chi connectivity index (χ4n) is 4.49. The smallest absolute Gasteiger partial charge is 0.244 e. The minimum absolute atomic E-state index is 0.0696. The average Bonchev–Trinajstić information content (AvgIpc) is 3.08. The second-order valence-corrected chi connectivity index (χ2v) is 8.52. The van der Waals surface area contributed by atoms with E-state index < -0.39 is 0 Å². The molecule has 28 heavy (non-hydrogen) atoms. The van der Waals surface area contributed by atoms with E-state index in [1.54, 1.807) is 17.9 Å². The van der Waals surface area contributed by atoms with Gasteiger partial charge in [0.2, 0.25) is 11.8 Å². The summed E-state index contributed by atoms with van der Waals surface area (Å²) in [5, 5.41) is 7.27. The maximum absolute atomic E-state index is 12.9. The van der Waals surface area contributed by atoms with Crippen molar-refractivity contribution in [1.29, 1.82) is 0 Å². The molecule has 3 heterocycles. The van der Waals surface area contributed by atoms with E-state index in [1.165, 1.54) is 6.42 Å². The van der Waals surface area contributed by atoms with E-state index >= 15 is 0 Å². The van der Waals surface area contributed by atoms with Gasteiger partial charge in [-0.15, -0.1) is 0 Å². The van der Waals surface area contributed by atoms with Gasteiger partial charge in [0.15, 0.2) is 0 Å². The maximum atomic E-state index is 12.9. The zero-order chi connectivity index (χ0) is 20.3. The van der Waals surface area contributed by atoms with Gasteiger partial charge in [0, 0.05) is 58.1 Å². The number of hydrogen-bond donors (Lipinski definition) is 1. The van der Waals surface area contributed by atoms with Gasteiger partial charge in [-0.05, 0) is 25.3 Å². The van der Waals surface area contributed by atoms with Crippen molar-refractivity contribution in [2.75, 3.05) is 52.9 Å². The van der Waals surface area contributed by atoms with Crippen LogP contribution in [0.25, 0.3) is 0 Å². The number of piperazine rings is 1. The molecule has 2 aliphatic heterocycles. The van der Waals surface area contributed by atoms with Crippen LogP contribution in [-0.2, 0) is 16.6 Å². The molecular weight excluding hydrogens is 356 g/mol. The van der Waals surface area contributed by atoms with Crippen LogP contribution in [0.4, 0.5) is 0 Å². The average molecular weight is 391 g/mol. The van der Waals surface area contributed by atoms with Crippen LogP contribution in [0.3, 0.4) is 0 Å². The molecular formula is C20H34N6O2. The Labute approximate surface area is 167 Å². The van der Waals surface area contributed by atoms with Gasteiger partial charge in [0.25, 0.3) is 0 Å². The topological polar surface area (TPSA) is 73.7 Å². The standard InChI is InChI=1S/C20H34N6O2/c1-15-9-16(2)12-26(11-15)18(27)14-24-5-7-25(8-6-24)20(28)19(21-3)17-10-22-23(4)13-17/h10,13,15-16,19,21H,5-9,11-12,14H2,1-4H3. The van der Waals surface area contributed by atoms with E-state index in [1.807, 2.05) is 23.0 Å². The van der Waals surface area contributed by atoms with Gasteiger partial charge in [-0.25, -0.2) is 0 Å². The Hall–Kier alpha value is -1.93. The molecule has 3 atom stereocenters. The molecule has 0 saturated carbocycles. The Morgan fingerprint density at radius 1 is 1.14 bits per heavy atom. The summed E-state index contributed by atoms with van der Waals surface area (Å²) in [6, 6.07) is -0.377. The Kier molecular flexibility index (Phi) is 6.72. The summed E-state index contributed by atoms with van der Waals surface area (Å²) >= 11 is 0.